The monoisotopic (exact) mass is 269 g/mol. The number of hydrogen-bond acceptors (Lipinski definition) is 3. The fourth-order valence-electron chi connectivity index (χ4n) is 1.87. The molecule has 20 heavy (non-hydrogen) atoms. The number of carbonyl (C=O) groups is 1. The summed E-state index contributed by atoms with van der Waals surface area (Å²) in [4.78, 5) is 16.2. The normalized spacial score (nSPS) is 11.9. The van der Waals surface area contributed by atoms with Gasteiger partial charge in [0.15, 0.2) is 0 Å². The van der Waals surface area contributed by atoms with E-state index >= 15 is 0 Å². The van der Waals surface area contributed by atoms with Crippen LogP contribution in [0.25, 0.3) is 11.1 Å². The smallest absolute Gasteiger partial charge is 0.252 e. The second-order valence-electron chi connectivity index (χ2n) is 4.85. The summed E-state index contributed by atoms with van der Waals surface area (Å²) in [5.41, 5.74) is 8.20. The quantitative estimate of drug-likeness (QED) is 0.874. The van der Waals surface area contributed by atoms with Crippen molar-refractivity contribution in [1.29, 1.82) is 0 Å². The molecule has 2 rings (SSSR count). The Hall–Kier alpha value is -2.20. The Labute approximate surface area is 119 Å². The third-order valence-electron chi connectivity index (χ3n) is 2.99. The first-order chi connectivity index (χ1) is 9.66. The van der Waals surface area contributed by atoms with Gasteiger partial charge in [0.2, 0.25) is 0 Å². The van der Waals surface area contributed by atoms with Crippen LogP contribution in [0.15, 0.2) is 48.8 Å². The Kier molecular flexibility index (Phi) is 4.85. The average Bonchev–Trinajstić information content (AvgIpc) is 2.48. The van der Waals surface area contributed by atoms with Gasteiger partial charge < -0.3 is 11.1 Å². The number of carbonyl (C=O) groups excluding carboxylic acids is 1. The third-order valence-corrected chi connectivity index (χ3v) is 2.99. The van der Waals surface area contributed by atoms with Gasteiger partial charge >= 0.3 is 0 Å². The van der Waals surface area contributed by atoms with Crippen LogP contribution in [0.2, 0.25) is 0 Å². The first-order valence-corrected chi connectivity index (χ1v) is 6.71. The van der Waals surface area contributed by atoms with Crippen molar-refractivity contribution in [2.45, 2.75) is 19.4 Å². The van der Waals surface area contributed by atoms with E-state index in [0.29, 0.717) is 12.1 Å². The molecular weight excluding hydrogens is 250 g/mol. The van der Waals surface area contributed by atoms with Crippen LogP contribution < -0.4 is 11.1 Å². The van der Waals surface area contributed by atoms with Gasteiger partial charge in [0, 0.05) is 30.5 Å². The van der Waals surface area contributed by atoms with Gasteiger partial charge in [0.05, 0.1) is 5.56 Å². The van der Waals surface area contributed by atoms with Gasteiger partial charge in [-0.25, -0.2) is 0 Å². The minimum absolute atomic E-state index is 0.0871. The van der Waals surface area contributed by atoms with E-state index in [4.69, 9.17) is 5.73 Å². The van der Waals surface area contributed by atoms with Crippen molar-refractivity contribution in [1.82, 2.24) is 10.3 Å². The molecule has 0 aliphatic carbocycles. The summed E-state index contributed by atoms with van der Waals surface area (Å²) < 4.78 is 0. The van der Waals surface area contributed by atoms with Crippen molar-refractivity contribution < 1.29 is 4.79 Å². The largest absolute Gasteiger partial charge is 0.352 e. The van der Waals surface area contributed by atoms with Crippen molar-refractivity contribution in [3.8, 4) is 11.1 Å². The number of nitrogens with zero attached hydrogens (tertiary/aromatic N) is 1. The molecule has 0 aliphatic heterocycles. The van der Waals surface area contributed by atoms with Gasteiger partial charge in [-0.2, -0.15) is 0 Å². The SMILES string of the molecule is CC(N)CCNC(=O)c1cncc(-c2ccccc2)c1. The Morgan fingerprint density at radius 2 is 2.00 bits per heavy atom. The third kappa shape index (κ3) is 3.90. The highest BCUT2D eigenvalue weighted by atomic mass is 16.1. The van der Waals surface area contributed by atoms with E-state index in [9.17, 15) is 4.79 Å². The number of aromatic nitrogens is 1. The molecule has 0 bridgehead atoms. The molecule has 4 nitrogen and oxygen atoms in total. The molecule has 4 heteroatoms. The lowest BCUT2D eigenvalue weighted by Gasteiger charge is -2.08. The number of pyridine rings is 1. The van der Waals surface area contributed by atoms with E-state index in [-0.39, 0.29) is 11.9 Å². The summed E-state index contributed by atoms with van der Waals surface area (Å²) in [6.45, 7) is 2.50. The number of nitrogens with one attached hydrogen (secondary N) is 1. The van der Waals surface area contributed by atoms with Gasteiger partial charge in [-0.1, -0.05) is 30.3 Å². The maximum Gasteiger partial charge on any atom is 0.252 e. The molecule has 1 atom stereocenters. The van der Waals surface area contributed by atoms with Crippen LogP contribution in [-0.2, 0) is 0 Å². The van der Waals surface area contributed by atoms with Crippen molar-refractivity contribution in [2.24, 2.45) is 5.73 Å². The lowest BCUT2D eigenvalue weighted by Crippen LogP contribution is -2.29. The fourth-order valence-corrected chi connectivity index (χ4v) is 1.87. The number of rotatable bonds is 5. The molecule has 0 aliphatic rings. The highest BCUT2D eigenvalue weighted by Crippen LogP contribution is 2.18. The van der Waals surface area contributed by atoms with Crippen LogP contribution in [-0.4, -0.2) is 23.5 Å². The van der Waals surface area contributed by atoms with Crippen molar-refractivity contribution in [3.05, 3.63) is 54.4 Å². The van der Waals surface area contributed by atoms with E-state index in [0.717, 1.165) is 17.5 Å². The molecule has 1 aromatic carbocycles. The molecule has 0 fully saturated rings. The highest BCUT2D eigenvalue weighted by Gasteiger charge is 2.07. The first kappa shape index (κ1) is 14.2. The minimum atomic E-state index is -0.115. The Balaban J connectivity index is 2.08. The van der Waals surface area contributed by atoms with E-state index in [1.165, 1.54) is 0 Å². The zero-order chi connectivity index (χ0) is 14.4. The number of benzene rings is 1. The Morgan fingerprint density at radius 1 is 1.25 bits per heavy atom. The lowest BCUT2D eigenvalue weighted by atomic mass is 10.1. The van der Waals surface area contributed by atoms with Gasteiger partial charge in [-0.05, 0) is 25.0 Å². The van der Waals surface area contributed by atoms with Crippen LogP contribution in [0.4, 0.5) is 0 Å². The van der Waals surface area contributed by atoms with Crippen molar-refractivity contribution in [3.63, 3.8) is 0 Å². The molecule has 0 spiro atoms. The van der Waals surface area contributed by atoms with Gasteiger partial charge in [0.1, 0.15) is 0 Å². The van der Waals surface area contributed by atoms with E-state index in [2.05, 4.69) is 10.3 Å². The van der Waals surface area contributed by atoms with E-state index in [1.807, 2.05) is 43.3 Å². The molecule has 0 saturated heterocycles. The number of nitrogens with two attached hydrogens (primary N) is 1. The summed E-state index contributed by atoms with van der Waals surface area (Å²) in [6.07, 6.45) is 4.10. The second-order valence-corrected chi connectivity index (χ2v) is 4.85. The van der Waals surface area contributed by atoms with Crippen LogP contribution in [0, 0.1) is 0 Å². The Bertz CT molecular complexity index is 567. The highest BCUT2D eigenvalue weighted by molar-refractivity contribution is 5.95. The summed E-state index contributed by atoms with van der Waals surface area (Å²) in [5.74, 6) is -0.115. The van der Waals surface area contributed by atoms with Crippen molar-refractivity contribution in [2.75, 3.05) is 6.54 Å². The van der Waals surface area contributed by atoms with Crippen LogP contribution in [0.1, 0.15) is 23.7 Å². The summed E-state index contributed by atoms with van der Waals surface area (Å²) in [6, 6.07) is 11.8. The standard InChI is InChI=1S/C16H19N3O/c1-12(17)7-8-19-16(20)15-9-14(10-18-11-15)13-5-3-2-4-6-13/h2-6,9-12H,7-8,17H2,1H3,(H,19,20). The molecule has 0 radical (unpaired) electrons. The predicted octanol–water partition coefficient (Wildman–Crippen LogP) is 2.22. The molecule has 0 saturated carbocycles. The lowest BCUT2D eigenvalue weighted by molar-refractivity contribution is 0.0952. The number of amides is 1. The predicted molar refractivity (Wildman–Crippen MR) is 80.3 cm³/mol. The van der Waals surface area contributed by atoms with E-state index in [1.54, 1.807) is 12.4 Å². The van der Waals surface area contributed by atoms with Crippen LogP contribution in [0.5, 0.6) is 0 Å². The molecular formula is C16H19N3O. The fraction of sp³-hybridized carbons (Fsp3) is 0.250. The topological polar surface area (TPSA) is 68.0 Å². The Morgan fingerprint density at radius 3 is 2.70 bits per heavy atom. The van der Waals surface area contributed by atoms with Gasteiger partial charge in [-0.15, -0.1) is 0 Å². The average molecular weight is 269 g/mol. The maximum absolute atomic E-state index is 12.0. The maximum atomic E-state index is 12.0. The second kappa shape index (κ2) is 6.82. The molecule has 3 N–H and O–H groups in total. The summed E-state index contributed by atoms with van der Waals surface area (Å²) in [5, 5.41) is 2.85. The molecule has 2 aromatic rings. The molecule has 1 heterocycles. The minimum Gasteiger partial charge on any atom is -0.352 e. The van der Waals surface area contributed by atoms with Crippen LogP contribution >= 0.6 is 0 Å². The molecule has 1 unspecified atom stereocenters. The van der Waals surface area contributed by atoms with E-state index < -0.39 is 0 Å². The summed E-state index contributed by atoms with van der Waals surface area (Å²) >= 11 is 0. The zero-order valence-corrected chi connectivity index (χ0v) is 11.5. The van der Waals surface area contributed by atoms with Gasteiger partial charge in [0.25, 0.3) is 5.91 Å². The van der Waals surface area contributed by atoms with Gasteiger partial charge in [-0.3, -0.25) is 9.78 Å². The molecule has 1 aromatic heterocycles. The molecule has 104 valence electrons. The molecule has 1 amide bonds. The van der Waals surface area contributed by atoms with Crippen LogP contribution in [0.3, 0.4) is 0 Å². The summed E-state index contributed by atoms with van der Waals surface area (Å²) in [7, 11) is 0. The zero-order valence-electron chi connectivity index (χ0n) is 11.5. The first-order valence-electron chi connectivity index (χ1n) is 6.71. The number of hydrogen-bond donors (Lipinski definition) is 2. The van der Waals surface area contributed by atoms with Crippen molar-refractivity contribution >= 4 is 5.91 Å².